The lowest BCUT2D eigenvalue weighted by atomic mass is 9.87. The van der Waals surface area contributed by atoms with Gasteiger partial charge in [0.1, 0.15) is 5.60 Å². The Morgan fingerprint density at radius 2 is 1.83 bits per heavy atom. The largest absolute Gasteiger partial charge is 0.459 e. The molecule has 18 heavy (non-hydrogen) atoms. The first-order valence-electron chi connectivity index (χ1n) is 7.27. The van der Waals surface area contributed by atoms with E-state index in [0.717, 1.165) is 12.5 Å². The molecule has 1 rings (SSSR count). The van der Waals surface area contributed by atoms with Crippen LogP contribution < -0.4 is 0 Å². The highest BCUT2D eigenvalue weighted by molar-refractivity contribution is 5.72. The lowest BCUT2D eigenvalue weighted by Gasteiger charge is -2.25. The number of carbonyl (C=O) groups excluding carboxylic acids is 1. The predicted octanol–water partition coefficient (Wildman–Crippen LogP) is 3.23. The van der Waals surface area contributed by atoms with Crippen LogP contribution in [0.5, 0.6) is 0 Å². The highest BCUT2D eigenvalue weighted by Gasteiger charge is 2.18. The average Bonchev–Trinajstić information content (AvgIpc) is 2.25. The fraction of sp³-hybridized carbons (Fsp3) is 0.933. The van der Waals surface area contributed by atoms with Gasteiger partial charge >= 0.3 is 5.97 Å². The summed E-state index contributed by atoms with van der Waals surface area (Å²) in [6.45, 7) is 7.14. The van der Waals surface area contributed by atoms with Gasteiger partial charge in [-0.05, 0) is 46.7 Å². The van der Waals surface area contributed by atoms with E-state index in [-0.39, 0.29) is 11.6 Å². The van der Waals surface area contributed by atoms with E-state index in [0.29, 0.717) is 6.54 Å². The third kappa shape index (κ3) is 7.00. The Kier molecular flexibility index (Phi) is 6.13. The van der Waals surface area contributed by atoms with Gasteiger partial charge in [0.2, 0.25) is 0 Å². The van der Waals surface area contributed by atoms with Gasteiger partial charge in [-0.2, -0.15) is 0 Å². The van der Waals surface area contributed by atoms with Crippen LogP contribution in [0.1, 0.15) is 59.3 Å². The van der Waals surface area contributed by atoms with E-state index in [1.54, 1.807) is 0 Å². The fourth-order valence-corrected chi connectivity index (χ4v) is 2.55. The minimum absolute atomic E-state index is 0.117. The fourth-order valence-electron chi connectivity index (χ4n) is 2.55. The SMILES string of the molecule is CN(CCC1CCCCC1)CC(=O)OC(C)(C)C. The molecule has 0 N–H and O–H groups in total. The molecule has 0 amide bonds. The van der Waals surface area contributed by atoms with Crippen LogP contribution in [0.2, 0.25) is 0 Å². The van der Waals surface area contributed by atoms with Gasteiger partial charge in [0.05, 0.1) is 6.54 Å². The van der Waals surface area contributed by atoms with Crippen molar-refractivity contribution in [1.82, 2.24) is 4.90 Å². The van der Waals surface area contributed by atoms with E-state index < -0.39 is 0 Å². The average molecular weight is 255 g/mol. The third-order valence-electron chi connectivity index (χ3n) is 3.46. The van der Waals surface area contributed by atoms with Gasteiger partial charge in [-0.3, -0.25) is 9.69 Å². The first-order valence-corrected chi connectivity index (χ1v) is 7.27. The van der Waals surface area contributed by atoms with Gasteiger partial charge in [-0.25, -0.2) is 0 Å². The van der Waals surface area contributed by atoms with E-state index in [4.69, 9.17) is 4.74 Å². The maximum Gasteiger partial charge on any atom is 0.320 e. The zero-order valence-electron chi connectivity index (χ0n) is 12.5. The van der Waals surface area contributed by atoms with E-state index in [2.05, 4.69) is 4.90 Å². The highest BCUT2D eigenvalue weighted by Crippen LogP contribution is 2.26. The number of hydrogen-bond donors (Lipinski definition) is 0. The number of esters is 1. The molecule has 0 atom stereocenters. The minimum Gasteiger partial charge on any atom is -0.459 e. The predicted molar refractivity (Wildman–Crippen MR) is 74.5 cm³/mol. The zero-order chi connectivity index (χ0) is 13.6. The van der Waals surface area contributed by atoms with Gasteiger partial charge in [0.25, 0.3) is 0 Å². The van der Waals surface area contributed by atoms with Crippen LogP contribution in [-0.2, 0) is 9.53 Å². The molecule has 0 spiro atoms. The van der Waals surface area contributed by atoms with E-state index >= 15 is 0 Å². The maximum atomic E-state index is 11.7. The van der Waals surface area contributed by atoms with Crippen LogP contribution in [0, 0.1) is 5.92 Å². The number of rotatable bonds is 5. The van der Waals surface area contributed by atoms with Crippen molar-refractivity contribution in [3.63, 3.8) is 0 Å². The number of likely N-dealkylation sites (N-methyl/N-ethyl adjacent to an activating group) is 1. The van der Waals surface area contributed by atoms with Crippen molar-refractivity contribution in [3.05, 3.63) is 0 Å². The molecule has 1 saturated carbocycles. The number of ether oxygens (including phenoxy) is 1. The summed E-state index contributed by atoms with van der Waals surface area (Å²) >= 11 is 0. The van der Waals surface area contributed by atoms with Gasteiger partial charge in [0, 0.05) is 0 Å². The summed E-state index contributed by atoms with van der Waals surface area (Å²) < 4.78 is 5.32. The molecular formula is C15H29NO2. The molecule has 3 heteroatoms. The molecule has 0 saturated heterocycles. The molecule has 0 unspecified atom stereocenters. The van der Waals surface area contributed by atoms with E-state index in [1.807, 2.05) is 27.8 Å². The lowest BCUT2D eigenvalue weighted by Crippen LogP contribution is -2.33. The van der Waals surface area contributed by atoms with Crippen molar-refractivity contribution in [2.75, 3.05) is 20.1 Å². The minimum atomic E-state index is -0.374. The third-order valence-corrected chi connectivity index (χ3v) is 3.46. The standard InChI is InChI=1S/C15H29NO2/c1-15(2,3)18-14(17)12-16(4)11-10-13-8-6-5-7-9-13/h13H,5-12H2,1-4H3. The molecule has 1 fully saturated rings. The summed E-state index contributed by atoms with van der Waals surface area (Å²) in [5.41, 5.74) is -0.374. The van der Waals surface area contributed by atoms with Gasteiger partial charge in [-0.15, -0.1) is 0 Å². The summed E-state index contributed by atoms with van der Waals surface area (Å²) in [5, 5.41) is 0. The van der Waals surface area contributed by atoms with Crippen molar-refractivity contribution in [1.29, 1.82) is 0 Å². The second-order valence-corrected chi connectivity index (χ2v) is 6.62. The first kappa shape index (κ1) is 15.5. The maximum absolute atomic E-state index is 11.7. The lowest BCUT2D eigenvalue weighted by molar-refractivity contribution is -0.155. The first-order chi connectivity index (χ1) is 8.37. The normalized spacial score (nSPS) is 18.1. The molecule has 0 radical (unpaired) electrons. The van der Waals surface area contributed by atoms with Crippen LogP contribution in [0.15, 0.2) is 0 Å². The Hall–Kier alpha value is -0.570. The molecule has 0 aromatic carbocycles. The molecule has 1 aliphatic carbocycles. The Labute approximate surface area is 112 Å². The number of carbonyl (C=O) groups is 1. The monoisotopic (exact) mass is 255 g/mol. The molecule has 0 aromatic heterocycles. The summed E-state index contributed by atoms with van der Waals surface area (Å²) in [6.07, 6.45) is 8.16. The second kappa shape index (κ2) is 7.13. The number of nitrogens with zero attached hydrogens (tertiary/aromatic N) is 1. The van der Waals surface area contributed by atoms with E-state index in [1.165, 1.54) is 38.5 Å². The van der Waals surface area contributed by atoms with Crippen LogP contribution >= 0.6 is 0 Å². The van der Waals surface area contributed by atoms with Crippen molar-refractivity contribution < 1.29 is 9.53 Å². The Morgan fingerprint density at radius 3 is 2.39 bits per heavy atom. The van der Waals surface area contributed by atoms with Crippen molar-refractivity contribution in [3.8, 4) is 0 Å². The molecule has 0 aliphatic heterocycles. The van der Waals surface area contributed by atoms with Crippen LogP contribution in [0.25, 0.3) is 0 Å². The Morgan fingerprint density at radius 1 is 1.22 bits per heavy atom. The summed E-state index contributed by atoms with van der Waals surface area (Å²) in [7, 11) is 2.01. The van der Waals surface area contributed by atoms with Crippen molar-refractivity contribution in [2.45, 2.75) is 64.9 Å². The molecule has 0 bridgehead atoms. The number of hydrogen-bond acceptors (Lipinski definition) is 3. The van der Waals surface area contributed by atoms with Crippen molar-refractivity contribution in [2.24, 2.45) is 5.92 Å². The van der Waals surface area contributed by atoms with Crippen LogP contribution in [-0.4, -0.2) is 36.6 Å². The van der Waals surface area contributed by atoms with E-state index in [9.17, 15) is 4.79 Å². The van der Waals surface area contributed by atoms with Gasteiger partial charge in [0.15, 0.2) is 0 Å². The highest BCUT2D eigenvalue weighted by atomic mass is 16.6. The molecule has 0 heterocycles. The van der Waals surface area contributed by atoms with Crippen LogP contribution in [0.4, 0.5) is 0 Å². The quantitative estimate of drug-likeness (QED) is 0.706. The molecule has 106 valence electrons. The molecule has 0 aromatic rings. The van der Waals surface area contributed by atoms with Gasteiger partial charge in [-0.1, -0.05) is 32.1 Å². The molecule has 1 aliphatic rings. The smallest absolute Gasteiger partial charge is 0.320 e. The topological polar surface area (TPSA) is 29.5 Å². The van der Waals surface area contributed by atoms with Crippen molar-refractivity contribution >= 4 is 5.97 Å². The molecular weight excluding hydrogens is 226 g/mol. The second-order valence-electron chi connectivity index (χ2n) is 6.62. The van der Waals surface area contributed by atoms with Crippen LogP contribution in [0.3, 0.4) is 0 Å². The zero-order valence-corrected chi connectivity index (χ0v) is 12.5. The summed E-state index contributed by atoms with van der Waals surface area (Å²) in [5.74, 6) is 0.758. The Balaban J connectivity index is 2.16. The Bertz CT molecular complexity index is 252. The summed E-state index contributed by atoms with van der Waals surface area (Å²) in [4.78, 5) is 13.7. The molecule has 3 nitrogen and oxygen atoms in total. The summed E-state index contributed by atoms with van der Waals surface area (Å²) in [6, 6.07) is 0. The van der Waals surface area contributed by atoms with Gasteiger partial charge < -0.3 is 4.74 Å².